The lowest BCUT2D eigenvalue weighted by Gasteiger charge is -2.34. The van der Waals surface area contributed by atoms with Crippen molar-refractivity contribution in [2.75, 3.05) is 6.54 Å². The molecule has 1 unspecified atom stereocenters. The maximum atomic E-state index is 14.1. The number of amides is 1. The van der Waals surface area contributed by atoms with Crippen molar-refractivity contribution in [3.05, 3.63) is 70.3 Å². The largest absolute Gasteiger partial charge is 0.475 e. The van der Waals surface area contributed by atoms with E-state index in [1.165, 1.54) is 12.1 Å². The number of carbonyl (C=O) groups is 1. The molecule has 3 rings (SSSR count). The van der Waals surface area contributed by atoms with Crippen molar-refractivity contribution >= 4 is 23.2 Å². The predicted octanol–water partition coefficient (Wildman–Crippen LogP) is 5.55. The Morgan fingerprint density at radius 3 is 2.81 bits per heavy atom. The topological polar surface area (TPSA) is 33.9 Å². The Kier molecular flexibility index (Phi) is 5.38. The second-order valence-electron chi connectivity index (χ2n) is 7.05. The summed E-state index contributed by atoms with van der Waals surface area (Å²) in [5, 5.41) is 0.267. The van der Waals surface area contributed by atoms with E-state index >= 15 is 0 Å². The minimum absolute atomic E-state index is 0.0106. The average Bonchev–Trinajstić information content (AvgIpc) is 3.13. The summed E-state index contributed by atoms with van der Waals surface area (Å²) in [4.78, 5) is 18.4. The van der Waals surface area contributed by atoms with Gasteiger partial charge in [-0.25, -0.2) is 9.24 Å². The van der Waals surface area contributed by atoms with Gasteiger partial charge in [-0.1, -0.05) is 35.9 Å². The molecule has 140 valence electrons. The van der Waals surface area contributed by atoms with Gasteiger partial charge in [-0.05, 0) is 50.5 Å². The summed E-state index contributed by atoms with van der Waals surface area (Å²) in [6.45, 7) is 11.1. The molecule has 4 nitrogen and oxygen atoms in total. The molecule has 6 heteroatoms. The van der Waals surface area contributed by atoms with Gasteiger partial charge < -0.3 is 9.64 Å². The molecule has 1 aliphatic rings. The Morgan fingerprint density at radius 1 is 1.33 bits per heavy atom. The second kappa shape index (κ2) is 7.58. The van der Waals surface area contributed by atoms with Gasteiger partial charge in [0.15, 0.2) is 22.9 Å². The first kappa shape index (κ1) is 19.2. The van der Waals surface area contributed by atoms with Crippen LogP contribution in [0.2, 0.25) is 5.02 Å². The Hall–Kier alpha value is -2.58. The Balaban J connectivity index is 1.83. The number of ether oxygens (including phenoxy) is 1. The molecule has 27 heavy (non-hydrogen) atoms. The number of carbonyl (C=O) groups excluding carboxylic acids is 1. The lowest BCUT2D eigenvalue weighted by molar-refractivity contribution is -0.146. The van der Waals surface area contributed by atoms with E-state index in [0.717, 1.165) is 24.5 Å². The highest BCUT2D eigenvalue weighted by molar-refractivity contribution is 6.30. The van der Waals surface area contributed by atoms with Gasteiger partial charge in [-0.2, -0.15) is 0 Å². The molecule has 0 saturated carbocycles. The Morgan fingerprint density at radius 2 is 2.11 bits per heavy atom. The fourth-order valence-electron chi connectivity index (χ4n) is 3.38. The van der Waals surface area contributed by atoms with Gasteiger partial charge >= 0.3 is 0 Å². The number of rotatable bonds is 4. The van der Waals surface area contributed by atoms with Crippen molar-refractivity contribution in [3.8, 4) is 5.75 Å². The standard InChI is InChI=1S/C21H20ClFN2O2/c1-21(2,27-19-10-9-15(22)13-17(19)23)20(26)25-11-5-8-18(25)14-6-4-7-16(12-14)24-3/h4,6-7,9-10,12-13,18H,5,8,11H2,1-2H3. The smallest absolute Gasteiger partial charge is 0.266 e. The Bertz CT molecular complexity index is 907. The summed E-state index contributed by atoms with van der Waals surface area (Å²) < 4.78 is 19.8. The van der Waals surface area contributed by atoms with Crippen LogP contribution in [-0.4, -0.2) is 23.0 Å². The van der Waals surface area contributed by atoms with E-state index in [1.807, 2.05) is 18.2 Å². The normalized spacial score (nSPS) is 16.9. The monoisotopic (exact) mass is 386 g/mol. The second-order valence-corrected chi connectivity index (χ2v) is 7.49. The number of benzene rings is 2. The van der Waals surface area contributed by atoms with Gasteiger partial charge in [0.2, 0.25) is 0 Å². The fraction of sp³-hybridized carbons (Fsp3) is 0.333. The fourth-order valence-corrected chi connectivity index (χ4v) is 3.54. The highest BCUT2D eigenvalue weighted by Crippen LogP contribution is 2.36. The minimum atomic E-state index is -1.24. The lowest BCUT2D eigenvalue weighted by Crippen LogP contribution is -2.48. The number of hydrogen-bond acceptors (Lipinski definition) is 2. The highest BCUT2D eigenvalue weighted by Gasteiger charge is 2.40. The molecule has 2 aromatic rings. The van der Waals surface area contributed by atoms with Gasteiger partial charge in [0.25, 0.3) is 5.91 Å². The third-order valence-electron chi connectivity index (χ3n) is 4.67. The summed E-state index contributed by atoms with van der Waals surface area (Å²) in [6.07, 6.45) is 1.68. The van der Waals surface area contributed by atoms with Gasteiger partial charge in [-0.15, -0.1) is 0 Å². The summed E-state index contributed by atoms with van der Waals surface area (Å²) in [7, 11) is 0. The number of hydrogen-bond donors (Lipinski definition) is 0. The van der Waals surface area contributed by atoms with E-state index < -0.39 is 11.4 Å². The maximum Gasteiger partial charge on any atom is 0.266 e. The van der Waals surface area contributed by atoms with Crippen LogP contribution in [0.15, 0.2) is 42.5 Å². The first-order valence-electron chi connectivity index (χ1n) is 8.74. The van der Waals surface area contributed by atoms with Gasteiger partial charge in [-0.3, -0.25) is 4.79 Å². The van der Waals surface area contributed by atoms with Crippen LogP contribution in [-0.2, 0) is 4.79 Å². The maximum absolute atomic E-state index is 14.1. The average molecular weight is 387 g/mol. The molecule has 0 aromatic heterocycles. The minimum Gasteiger partial charge on any atom is -0.475 e. The summed E-state index contributed by atoms with van der Waals surface area (Å²) >= 11 is 5.77. The summed E-state index contributed by atoms with van der Waals surface area (Å²) in [5.74, 6) is -0.831. The van der Waals surface area contributed by atoms with Crippen LogP contribution in [0.5, 0.6) is 5.75 Å². The van der Waals surface area contributed by atoms with Crippen LogP contribution in [0, 0.1) is 12.4 Å². The predicted molar refractivity (Wildman–Crippen MR) is 103 cm³/mol. The Labute approximate surface area is 163 Å². The van der Waals surface area contributed by atoms with Gasteiger partial charge in [0.05, 0.1) is 12.6 Å². The van der Waals surface area contributed by atoms with E-state index in [-0.39, 0.29) is 22.7 Å². The lowest BCUT2D eigenvalue weighted by atomic mass is 10.0. The molecule has 0 N–H and O–H groups in total. The zero-order valence-electron chi connectivity index (χ0n) is 15.2. The molecule has 1 saturated heterocycles. The third-order valence-corrected chi connectivity index (χ3v) is 4.91. The molecule has 0 radical (unpaired) electrons. The van der Waals surface area contributed by atoms with Crippen molar-refractivity contribution in [1.82, 2.24) is 4.90 Å². The van der Waals surface area contributed by atoms with Crippen molar-refractivity contribution < 1.29 is 13.9 Å². The molecule has 0 spiro atoms. The van der Waals surface area contributed by atoms with E-state index in [9.17, 15) is 9.18 Å². The highest BCUT2D eigenvalue weighted by atomic mass is 35.5. The molecule has 1 atom stereocenters. The van der Waals surface area contributed by atoms with Crippen molar-refractivity contribution in [3.63, 3.8) is 0 Å². The molecule has 1 fully saturated rings. The molecule has 2 aromatic carbocycles. The molecule has 1 aliphatic heterocycles. The first-order valence-corrected chi connectivity index (χ1v) is 9.12. The SMILES string of the molecule is [C-]#[N+]c1cccc(C2CCCN2C(=O)C(C)(C)Oc2ccc(Cl)cc2F)c1. The third kappa shape index (κ3) is 4.06. The van der Waals surface area contributed by atoms with Crippen LogP contribution < -0.4 is 4.74 Å². The van der Waals surface area contributed by atoms with Gasteiger partial charge in [0.1, 0.15) is 0 Å². The van der Waals surface area contributed by atoms with E-state index in [2.05, 4.69) is 4.85 Å². The van der Waals surface area contributed by atoms with E-state index in [4.69, 9.17) is 22.9 Å². The van der Waals surface area contributed by atoms with Crippen molar-refractivity contribution in [2.24, 2.45) is 0 Å². The van der Waals surface area contributed by atoms with Crippen LogP contribution >= 0.6 is 11.6 Å². The first-order chi connectivity index (χ1) is 12.8. The number of nitrogens with zero attached hydrogens (tertiary/aromatic N) is 2. The van der Waals surface area contributed by atoms with E-state index in [0.29, 0.717) is 12.2 Å². The molecular weight excluding hydrogens is 367 g/mol. The van der Waals surface area contributed by atoms with Crippen LogP contribution in [0.1, 0.15) is 38.3 Å². The van der Waals surface area contributed by atoms with Gasteiger partial charge in [0, 0.05) is 11.6 Å². The summed E-state index contributed by atoms with van der Waals surface area (Å²) in [6, 6.07) is 11.3. The van der Waals surface area contributed by atoms with Crippen molar-refractivity contribution in [1.29, 1.82) is 0 Å². The zero-order valence-corrected chi connectivity index (χ0v) is 16.0. The quantitative estimate of drug-likeness (QED) is 0.645. The molecule has 1 amide bonds. The number of likely N-dealkylation sites (tertiary alicyclic amines) is 1. The molecule has 1 heterocycles. The van der Waals surface area contributed by atoms with Crippen LogP contribution in [0.3, 0.4) is 0 Å². The van der Waals surface area contributed by atoms with E-state index in [1.54, 1.807) is 24.8 Å². The molecule has 0 aliphatic carbocycles. The summed E-state index contributed by atoms with van der Waals surface area (Å²) in [5.41, 5.74) is 0.239. The molecular formula is C21H20ClFN2O2. The van der Waals surface area contributed by atoms with Crippen molar-refractivity contribution in [2.45, 2.75) is 38.3 Å². The molecule has 0 bridgehead atoms. The van der Waals surface area contributed by atoms with Crippen LogP contribution in [0.4, 0.5) is 10.1 Å². The number of halogens is 2. The zero-order chi connectivity index (χ0) is 19.6. The van der Waals surface area contributed by atoms with Crippen LogP contribution in [0.25, 0.3) is 4.85 Å².